The average molecular weight is 291 g/mol. The predicted molar refractivity (Wildman–Crippen MR) is 86.4 cm³/mol. The lowest BCUT2D eigenvalue weighted by atomic mass is 10.2. The van der Waals surface area contributed by atoms with E-state index >= 15 is 0 Å². The third-order valence-electron chi connectivity index (χ3n) is 3.68. The van der Waals surface area contributed by atoms with E-state index in [-0.39, 0.29) is 5.43 Å². The molecular weight excluding hydrogens is 278 g/mol. The number of nitrogens with one attached hydrogen (secondary N) is 2. The van der Waals surface area contributed by atoms with Gasteiger partial charge in [0.1, 0.15) is 17.3 Å². The van der Waals surface area contributed by atoms with Gasteiger partial charge in [-0.25, -0.2) is 4.98 Å². The molecule has 6 heteroatoms. The van der Waals surface area contributed by atoms with Crippen LogP contribution in [0, 0.1) is 0 Å². The molecule has 0 aliphatic carbocycles. The fraction of sp³-hybridized carbons (Fsp3) is 0.0625. The van der Waals surface area contributed by atoms with Crippen molar-refractivity contribution in [3.05, 3.63) is 59.1 Å². The Morgan fingerprint density at radius 2 is 2.09 bits per heavy atom. The van der Waals surface area contributed by atoms with E-state index in [9.17, 15) is 4.79 Å². The number of nitrogens with zero attached hydrogens (tertiary/aromatic N) is 3. The molecule has 4 heterocycles. The summed E-state index contributed by atoms with van der Waals surface area (Å²) in [5.41, 5.74) is 1.90. The van der Waals surface area contributed by atoms with Crippen LogP contribution in [-0.2, 0) is 7.05 Å². The summed E-state index contributed by atoms with van der Waals surface area (Å²) < 4.78 is 2.03. The van der Waals surface area contributed by atoms with Crippen molar-refractivity contribution in [3.8, 4) is 0 Å². The standard InChI is InChI=1S/C16H13N5O/c1-21-13-5-6-17-9-12(13)11-2-3-14(20-16(11)21)19-15-8-10(22)4-7-18-15/h2-9H,1H3,(H2,18,19,20,22). The molecule has 0 saturated heterocycles. The molecule has 2 N–H and O–H groups in total. The van der Waals surface area contributed by atoms with E-state index in [1.165, 1.54) is 12.1 Å². The lowest BCUT2D eigenvalue weighted by molar-refractivity contribution is 0.989. The van der Waals surface area contributed by atoms with Crippen molar-refractivity contribution < 1.29 is 0 Å². The Morgan fingerprint density at radius 3 is 2.95 bits per heavy atom. The first-order valence-corrected chi connectivity index (χ1v) is 6.87. The van der Waals surface area contributed by atoms with Crippen molar-refractivity contribution in [1.29, 1.82) is 0 Å². The number of anilines is 2. The molecule has 0 spiro atoms. The Balaban J connectivity index is 1.85. The highest BCUT2D eigenvalue weighted by Gasteiger charge is 2.10. The molecule has 0 saturated carbocycles. The van der Waals surface area contributed by atoms with Crippen molar-refractivity contribution in [2.45, 2.75) is 0 Å². The second kappa shape index (κ2) is 4.70. The summed E-state index contributed by atoms with van der Waals surface area (Å²) in [5, 5.41) is 5.24. The highest BCUT2D eigenvalue weighted by atomic mass is 16.1. The summed E-state index contributed by atoms with van der Waals surface area (Å²) in [6.07, 6.45) is 5.22. The third-order valence-corrected chi connectivity index (χ3v) is 3.68. The minimum atomic E-state index is -0.0574. The minimum absolute atomic E-state index is 0.0574. The van der Waals surface area contributed by atoms with Crippen molar-refractivity contribution in [2.24, 2.45) is 7.05 Å². The van der Waals surface area contributed by atoms with Crippen molar-refractivity contribution in [2.75, 3.05) is 5.32 Å². The van der Waals surface area contributed by atoms with Crippen LogP contribution < -0.4 is 10.7 Å². The number of aromatic nitrogens is 4. The van der Waals surface area contributed by atoms with Gasteiger partial charge in [0.25, 0.3) is 0 Å². The SMILES string of the molecule is Cn1c2ccncc2c2ccc(Nc3cc(=O)cc[nH]3)nc21. The number of aromatic amines is 1. The Hall–Kier alpha value is -3.15. The first-order chi connectivity index (χ1) is 10.7. The zero-order chi connectivity index (χ0) is 15.1. The van der Waals surface area contributed by atoms with Gasteiger partial charge in [0.2, 0.25) is 0 Å². The molecule has 4 aromatic heterocycles. The van der Waals surface area contributed by atoms with Gasteiger partial charge in [-0.1, -0.05) is 0 Å². The van der Waals surface area contributed by atoms with Crippen LogP contribution in [-0.4, -0.2) is 19.5 Å². The zero-order valence-electron chi connectivity index (χ0n) is 11.9. The van der Waals surface area contributed by atoms with Gasteiger partial charge in [0.05, 0.1) is 5.52 Å². The fourth-order valence-corrected chi connectivity index (χ4v) is 2.64. The average Bonchev–Trinajstić information content (AvgIpc) is 2.81. The monoisotopic (exact) mass is 291 g/mol. The molecule has 0 aliphatic rings. The molecule has 0 unspecified atom stereocenters. The second-order valence-electron chi connectivity index (χ2n) is 5.08. The van der Waals surface area contributed by atoms with Crippen LogP contribution in [0.15, 0.2) is 53.7 Å². The maximum Gasteiger partial charge on any atom is 0.183 e. The van der Waals surface area contributed by atoms with Gasteiger partial charge in [0, 0.05) is 48.5 Å². The first kappa shape index (κ1) is 12.6. The lowest BCUT2D eigenvalue weighted by Crippen LogP contribution is -2.02. The summed E-state index contributed by atoms with van der Waals surface area (Å²) in [6.45, 7) is 0. The number of aryl methyl sites for hydroxylation is 1. The summed E-state index contributed by atoms with van der Waals surface area (Å²) in [4.78, 5) is 23.2. The Bertz CT molecular complexity index is 1050. The fourth-order valence-electron chi connectivity index (χ4n) is 2.64. The van der Waals surface area contributed by atoms with Gasteiger partial charge >= 0.3 is 0 Å². The molecule has 0 aliphatic heterocycles. The maximum absolute atomic E-state index is 11.4. The number of fused-ring (bicyclic) bond motifs is 3. The largest absolute Gasteiger partial charge is 0.348 e. The van der Waals surface area contributed by atoms with Crippen LogP contribution >= 0.6 is 0 Å². The van der Waals surface area contributed by atoms with Crippen molar-refractivity contribution in [1.82, 2.24) is 19.5 Å². The number of hydrogen-bond donors (Lipinski definition) is 2. The molecule has 6 nitrogen and oxygen atoms in total. The van der Waals surface area contributed by atoms with Crippen LogP contribution in [0.3, 0.4) is 0 Å². The van der Waals surface area contributed by atoms with E-state index in [2.05, 4.69) is 20.3 Å². The maximum atomic E-state index is 11.4. The van der Waals surface area contributed by atoms with E-state index in [4.69, 9.17) is 0 Å². The van der Waals surface area contributed by atoms with Gasteiger partial charge in [-0.15, -0.1) is 0 Å². The van der Waals surface area contributed by atoms with Gasteiger partial charge < -0.3 is 14.9 Å². The van der Waals surface area contributed by atoms with Crippen molar-refractivity contribution >= 4 is 33.6 Å². The molecule has 0 aromatic carbocycles. The van der Waals surface area contributed by atoms with Gasteiger partial charge in [-0.2, -0.15) is 0 Å². The quantitative estimate of drug-likeness (QED) is 0.595. The molecule has 0 bridgehead atoms. The van der Waals surface area contributed by atoms with Gasteiger partial charge in [-0.05, 0) is 18.2 Å². The van der Waals surface area contributed by atoms with Crippen LogP contribution in [0.4, 0.5) is 11.6 Å². The van der Waals surface area contributed by atoms with E-state index in [0.29, 0.717) is 11.6 Å². The normalized spacial score (nSPS) is 11.1. The molecule has 4 rings (SSSR count). The Labute approximate surface area is 125 Å². The highest BCUT2D eigenvalue weighted by Crippen LogP contribution is 2.27. The minimum Gasteiger partial charge on any atom is -0.348 e. The van der Waals surface area contributed by atoms with Gasteiger partial charge in [-0.3, -0.25) is 9.78 Å². The summed E-state index contributed by atoms with van der Waals surface area (Å²) >= 11 is 0. The lowest BCUT2D eigenvalue weighted by Gasteiger charge is -2.05. The van der Waals surface area contributed by atoms with Crippen LogP contribution in [0.2, 0.25) is 0 Å². The van der Waals surface area contributed by atoms with E-state index < -0.39 is 0 Å². The van der Waals surface area contributed by atoms with Crippen LogP contribution in [0.5, 0.6) is 0 Å². The molecule has 108 valence electrons. The smallest absolute Gasteiger partial charge is 0.183 e. The van der Waals surface area contributed by atoms with E-state index in [1.54, 1.807) is 12.4 Å². The summed E-state index contributed by atoms with van der Waals surface area (Å²) in [6, 6.07) is 8.84. The molecule has 4 aromatic rings. The molecular formula is C16H13N5O. The van der Waals surface area contributed by atoms with Crippen LogP contribution in [0.25, 0.3) is 21.9 Å². The first-order valence-electron chi connectivity index (χ1n) is 6.87. The van der Waals surface area contributed by atoms with Crippen molar-refractivity contribution in [3.63, 3.8) is 0 Å². The summed E-state index contributed by atoms with van der Waals surface area (Å²) in [5.74, 6) is 1.29. The molecule has 0 radical (unpaired) electrons. The van der Waals surface area contributed by atoms with E-state index in [0.717, 1.165) is 21.9 Å². The predicted octanol–water partition coefficient (Wildman–Crippen LogP) is 2.55. The van der Waals surface area contributed by atoms with Crippen LogP contribution in [0.1, 0.15) is 0 Å². The zero-order valence-corrected chi connectivity index (χ0v) is 11.9. The molecule has 0 fully saturated rings. The number of H-pyrrole nitrogens is 1. The molecule has 22 heavy (non-hydrogen) atoms. The molecule has 0 amide bonds. The number of rotatable bonds is 2. The topological polar surface area (TPSA) is 75.6 Å². The number of hydrogen-bond acceptors (Lipinski definition) is 4. The van der Waals surface area contributed by atoms with Gasteiger partial charge in [0.15, 0.2) is 5.43 Å². The highest BCUT2D eigenvalue weighted by molar-refractivity contribution is 6.06. The molecule has 0 atom stereocenters. The second-order valence-corrected chi connectivity index (χ2v) is 5.08. The Morgan fingerprint density at radius 1 is 1.18 bits per heavy atom. The Kier molecular flexibility index (Phi) is 2.69. The number of pyridine rings is 3. The summed E-state index contributed by atoms with van der Waals surface area (Å²) in [7, 11) is 1.98. The third kappa shape index (κ3) is 1.93. The van der Waals surface area contributed by atoms with E-state index in [1.807, 2.05) is 36.0 Å².